The van der Waals surface area contributed by atoms with Crippen LogP contribution in [-0.2, 0) is 0 Å². The van der Waals surface area contributed by atoms with E-state index in [4.69, 9.17) is 5.11 Å². The Hall–Kier alpha value is -0.830. The van der Waals surface area contributed by atoms with Gasteiger partial charge in [-0.1, -0.05) is 6.92 Å². The van der Waals surface area contributed by atoms with Gasteiger partial charge in [0, 0.05) is 0 Å². The molecule has 3 nitrogen and oxygen atoms in total. The molecule has 0 saturated carbocycles. The van der Waals surface area contributed by atoms with Gasteiger partial charge in [-0.2, -0.15) is 0 Å². The van der Waals surface area contributed by atoms with Crippen LogP contribution in [0, 0.1) is 0 Å². The van der Waals surface area contributed by atoms with Crippen LogP contribution in [0.25, 0.3) is 0 Å². The topological polar surface area (TPSA) is 46.3 Å². The van der Waals surface area contributed by atoms with E-state index < -0.39 is 6.10 Å². The Morgan fingerprint density at radius 3 is 3.11 bits per heavy atom. The van der Waals surface area contributed by atoms with E-state index in [9.17, 15) is 0 Å². The third-order valence-electron chi connectivity index (χ3n) is 1.18. The van der Waals surface area contributed by atoms with Gasteiger partial charge in [-0.3, -0.25) is 0 Å². The van der Waals surface area contributed by atoms with Gasteiger partial charge in [0.1, 0.15) is 12.0 Å². The van der Waals surface area contributed by atoms with E-state index in [2.05, 4.69) is 9.40 Å². The molecule has 1 aromatic heterocycles. The minimum absolute atomic E-state index is 0.469. The predicted molar refractivity (Wildman–Crippen MR) is 31.8 cm³/mol. The monoisotopic (exact) mass is 127 g/mol. The largest absolute Gasteiger partial charge is 0.451 e. The van der Waals surface area contributed by atoms with Crippen molar-refractivity contribution in [2.75, 3.05) is 0 Å². The summed E-state index contributed by atoms with van der Waals surface area (Å²) in [5.41, 5.74) is 0.609. The summed E-state index contributed by atoms with van der Waals surface area (Å²) in [5, 5.41) is 9.10. The first-order valence-corrected chi connectivity index (χ1v) is 2.90. The lowest BCUT2D eigenvalue weighted by atomic mass is 10.2. The van der Waals surface area contributed by atoms with Gasteiger partial charge in [0.2, 0.25) is 0 Å². The summed E-state index contributed by atoms with van der Waals surface area (Å²) >= 11 is 0. The molecule has 0 aromatic carbocycles. The maximum absolute atomic E-state index is 9.10. The first kappa shape index (κ1) is 6.29. The zero-order valence-electron chi connectivity index (χ0n) is 5.24. The van der Waals surface area contributed by atoms with Gasteiger partial charge in [0.05, 0.1) is 6.10 Å². The number of nitrogens with zero attached hydrogens (tertiary/aromatic N) is 1. The summed E-state index contributed by atoms with van der Waals surface area (Å²) < 4.78 is 4.67. The molecule has 1 heterocycles. The summed E-state index contributed by atoms with van der Waals surface area (Å²) in [7, 11) is 0. The fourth-order valence-corrected chi connectivity index (χ4v) is 0.596. The highest BCUT2D eigenvalue weighted by atomic mass is 16.3. The second kappa shape index (κ2) is 2.64. The Balaban J connectivity index is 2.65. The number of aliphatic hydroxyl groups excluding tert-OH is 1. The molecule has 1 N–H and O–H groups in total. The summed E-state index contributed by atoms with van der Waals surface area (Å²) in [6.45, 7) is 1.89. The molecule has 0 radical (unpaired) electrons. The SMILES string of the molecule is CC[C@H](O)c1cocn1. The van der Waals surface area contributed by atoms with Crippen molar-refractivity contribution in [1.29, 1.82) is 0 Å². The summed E-state index contributed by atoms with van der Waals surface area (Å²) in [6.07, 6.45) is 2.97. The third-order valence-corrected chi connectivity index (χ3v) is 1.18. The minimum Gasteiger partial charge on any atom is -0.451 e. The highest BCUT2D eigenvalue weighted by Gasteiger charge is 2.05. The van der Waals surface area contributed by atoms with Gasteiger partial charge >= 0.3 is 0 Å². The molecule has 50 valence electrons. The predicted octanol–water partition coefficient (Wildman–Crippen LogP) is 1.12. The molecule has 0 spiro atoms. The van der Waals surface area contributed by atoms with Crippen molar-refractivity contribution in [2.24, 2.45) is 0 Å². The number of rotatable bonds is 2. The molecule has 1 aromatic rings. The molecule has 0 amide bonds. The van der Waals surface area contributed by atoms with Gasteiger partial charge in [-0.05, 0) is 6.42 Å². The van der Waals surface area contributed by atoms with Crippen molar-refractivity contribution >= 4 is 0 Å². The zero-order chi connectivity index (χ0) is 6.69. The lowest BCUT2D eigenvalue weighted by molar-refractivity contribution is 0.168. The standard InChI is InChI=1S/C6H9NO2/c1-2-6(8)5-3-9-4-7-5/h3-4,6,8H,2H2,1H3/t6-/m0/s1. The number of hydrogen-bond acceptors (Lipinski definition) is 3. The van der Waals surface area contributed by atoms with E-state index in [1.165, 1.54) is 12.7 Å². The van der Waals surface area contributed by atoms with Crippen molar-refractivity contribution in [3.63, 3.8) is 0 Å². The third kappa shape index (κ3) is 1.29. The van der Waals surface area contributed by atoms with Crippen LogP contribution in [-0.4, -0.2) is 10.1 Å². The summed E-state index contributed by atoms with van der Waals surface area (Å²) in [6, 6.07) is 0. The number of hydrogen-bond donors (Lipinski definition) is 1. The quantitative estimate of drug-likeness (QED) is 0.647. The molecule has 0 fully saturated rings. The van der Waals surface area contributed by atoms with Crippen molar-refractivity contribution < 1.29 is 9.52 Å². The van der Waals surface area contributed by atoms with Crippen LogP contribution in [0.2, 0.25) is 0 Å². The van der Waals surface area contributed by atoms with Crippen molar-refractivity contribution in [3.05, 3.63) is 18.4 Å². The number of oxazole rings is 1. The van der Waals surface area contributed by atoms with Crippen LogP contribution in [0.5, 0.6) is 0 Å². The fourth-order valence-electron chi connectivity index (χ4n) is 0.596. The molecule has 0 aliphatic heterocycles. The zero-order valence-corrected chi connectivity index (χ0v) is 5.24. The second-order valence-corrected chi connectivity index (χ2v) is 1.84. The van der Waals surface area contributed by atoms with Crippen molar-refractivity contribution in [1.82, 2.24) is 4.98 Å². The average molecular weight is 127 g/mol. The Morgan fingerprint density at radius 2 is 2.67 bits per heavy atom. The van der Waals surface area contributed by atoms with Crippen LogP contribution < -0.4 is 0 Å². The Kier molecular flexibility index (Phi) is 1.85. The van der Waals surface area contributed by atoms with E-state index in [1.807, 2.05) is 6.92 Å². The second-order valence-electron chi connectivity index (χ2n) is 1.84. The van der Waals surface area contributed by atoms with Crippen LogP contribution >= 0.6 is 0 Å². The van der Waals surface area contributed by atoms with Crippen LogP contribution in [0.15, 0.2) is 17.1 Å². The van der Waals surface area contributed by atoms with Gasteiger partial charge in [-0.15, -0.1) is 0 Å². The van der Waals surface area contributed by atoms with E-state index in [-0.39, 0.29) is 0 Å². The van der Waals surface area contributed by atoms with Crippen LogP contribution in [0.1, 0.15) is 25.1 Å². The maximum Gasteiger partial charge on any atom is 0.180 e. The van der Waals surface area contributed by atoms with Crippen molar-refractivity contribution in [2.45, 2.75) is 19.4 Å². The fraction of sp³-hybridized carbons (Fsp3) is 0.500. The van der Waals surface area contributed by atoms with E-state index in [0.29, 0.717) is 12.1 Å². The Morgan fingerprint density at radius 1 is 1.89 bits per heavy atom. The first-order valence-electron chi connectivity index (χ1n) is 2.90. The van der Waals surface area contributed by atoms with Crippen molar-refractivity contribution in [3.8, 4) is 0 Å². The Labute approximate surface area is 53.3 Å². The van der Waals surface area contributed by atoms with Crippen LogP contribution in [0.4, 0.5) is 0 Å². The van der Waals surface area contributed by atoms with Gasteiger partial charge < -0.3 is 9.52 Å². The molecule has 1 atom stereocenters. The molecule has 0 saturated heterocycles. The molecular weight excluding hydrogens is 118 g/mol. The van der Waals surface area contributed by atoms with Gasteiger partial charge in [0.15, 0.2) is 6.39 Å². The van der Waals surface area contributed by atoms with E-state index >= 15 is 0 Å². The normalized spacial score (nSPS) is 13.6. The first-order chi connectivity index (χ1) is 4.34. The van der Waals surface area contributed by atoms with E-state index in [1.54, 1.807) is 0 Å². The molecule has 9 heavy (non-hydrogen) atoms. The smallest absolute Gasteiger partial charge is 0.180 e. The van der Waals surface area contributed by atoms with Gasteiger partial charge in [0.25, 0.3) is 0 Å². The lowest BCUT2D eigenvalue weighted by Crippen LogP contribution is -1.93. The summed E-state index contributed by atoms with van der Waals surface area (Å²) in [4.78, 5) is 3.77. The number of aliphatic hydroxyl groups is 1. The van der Waals surface area contributed by atoms with E-state index in [0.717, 1.165) is 0 Å². The molecule has 3 heteroatoms. The van der Waals surface area contributed by atoms with Gasteiger partial charge in [-0.25, -0.2) is 4.98 Å². The summed E-state index contributed by atoms with van der Waals surface area (Å²) in [5.74, 6) is 0. The highest BCUT2D eigenvalue weighted by Crippen LogP contribution is 2.11. The maximum atomic E-state index is 9.10. The number of aromatic nitrogens is 1. The van der Waals surface area contributed by atoms with Crippen LogP contribution in [0.3, 0.4) is 0 Å². The molecule has 0 unspecified atom stereocenters. The Bertz CT molecular complexity index is 160. The molecular formula is C6H9NO2. The molecule has 1 rings (SSSR count). The molecule has 0 aliphatic rings. The molecule has 0 bridgehead atoms. The average Bonchev–Trinajstić information content (AvgIpc) is 2.37. The highest BCUT2D eigenvalue weighted by molar-refractivity contribution is 4.94. The molecule has 0 aliphatic carbocycles. The lowest BCUT2D eigenvalue weighted by Gasteiger charge is -1.99. The minimum atomic E-state index is -0.469.